The summed E-state index contributed by atoms with van der Waals surface area (Å²) >= 11 is 0. The molecule has 1 aliphatic heterocycles. The van der Waals surface area contributed by atoms with Crippen molar-refractivity contribution >= 4 is 11.4 Å². The van der Waals surface area contributed by atoms with Gasteiger partial charge in [0.25, 0.3) is 0 Å². The molecule has 94 valence electrons. The minimum atomic E-state index is 0.654. The Hall–Kier alpha value is -1.22. The zero-order valence-corrected chi connectivity index (χ0v) is 10.9. The summed E-state index contributed by atoms with van der Waals surface area (Å²) in [6.07, 6.45) is 1.24. The molecule has 0 saturated carbocycles. The molecule has 0 amide bonds. The molecular formula is C14H23N3. The lowest BCUT2D eigenvalue weighted by molar-refractivity contribution is 0.238. The number of hydrogen-bond donors (Lipinski definition) is 1. The second kappa shape index (κ2) is 5.41. The van der Waals surface area contributed by atoms with Gasteiger partial charge in [0.2, 0.25) is 0 Å². The van der Waals surface area contributed by atoms with E-state index in [1.807, 2.05) is 12.1 Å². The van der Waals surface area contributed by atoms with Crippen molar-refractivity contribution in [1.29, 1.82) is 0 Å². The molecule has 0 unspecified atom stereocenters. The second-order valence-electron chi connectivity index (χ2n) is 5.06. The Kier molecular flexibility index (Phi) is 3.89. The molecule has 2 rings (SSSR count). The Labute approximate surface area is 104 Å². The van der Waals surface area contributed by atoms with Crippen molar-refractivity contribution in [2.75, 3.05) is 36.8 Å². The number of nitrogens with two attached hydrogens (primary N) is 1. The third-order valence-corrected chi connectivity index (χ3v) is 3.52. The first-order chi connectivity index (χ1) is 8.16. The van der Waals surface area contributed by atoms with Crippen molar-refractivity contribution in [2.24, 2.45) is 0 Å². The van der Waals surface area contributed by atoms with Crippen molar-refractivity contribution in [3.8, 4) is 0 Å². The molecule has 1 heterocycles. The van der Waals surface area contributed by atoms with Crippen molar-refractivity contribution in [2.45, 2.75) is 26.3 Å². The summed E-state index contributed by atoms with van der Waals surface area (Å²) in [4.78, 5) is 5.01. The quantitative estimate of drug-likeness (QED) is 0.795. The average molecular weight is 233 g/mol. The molecule has 1 aromatic carbocycles. The standard InChI is InChI=1S/C14H23N3/c1-12(2)16-8-3-9-17(11-10-16)14-6-4-13(15)5-7-14/h4-7,12H,3,8-11,15H2,1-2H3. The van der Waals surface area contributed by atoms with E-state index in [1.54, 1.807) is 0 Å². The van der Waals surface area contributed by atoms with Crippen LogP contribution < -0.4 is 10.6 Å². The van der Waals surface area contributed by atoms with Gasteiger partial charge in [-0.2, -0.15) is 0 Å². The highest BCUT2D eigenvalue weighted by molar-refractivity contribution is 5.53. The van der Waals surface area contributed by atoms with Gasteiger partial charge < -0.3 is 10.6 Å². The first-order valence-electron chi connectivity index (χ1n) is 6.51. The van der Waals surface area contributed by atoms with Gasteiger partial charge in [0.15, 0.2) is 0 Å². The highest BCUT2D eigenvalue weighted by Crippen LogP contribution is 2.18. The minimum Gasteiger partial charge on any atom is -0.399 e. The Morgan fingerprint density at radius 3 is 2.35 bits per heavy atom. The Morgan fingerprint density at radius 2 is 1.71 bits per heavy atom. The van der Waals surface area contributed by atoms with E-state index in [2.05, 4.69) is 35.8 Å². The van der Waals surface area contributed by atoms with Crippen molar-refractivity contribution in [3.63, 3.8) is 0 Å². The van der Waals surface area contributed by atoms with Crippen LogP contribution in [0.2, 0.25) is 0 Å². The van der Waals surface area contributed by atoms with Crippen LogP contribution in [0.5, 0.6) is 0 Å². The molecule has 0 atom stereocenters. The molecule has 0 aromatic heterocycles. The van der Waals surface area contributed by atoms with Gasteiger partial charge in [-0.3, -0.25) is 4.90 Å². The summed E-state index contributed by atoms with van der Waals surface area (Å²) in [7, 11) is 0. The van der Waals surface area contributed by atoms with E-state index in [0.717, 1.165) is 25.3 Å². The zero-order valence-electron chi connectivity index (χ0n) is 10.9. The summed E-state index contributed by atoms with van der Waals surface area (Å²) < 4.78 is 0. The van der Waals surface area contributed by atoms with Crippen LogP contribution in [0.4, 0.5) is 11.4 Å². The molecule has 2 N–H and O–H groups in total. The smallest absolute Gasteiger partial charge is 0.0368 e. The molecule has 0 bridgehead atoms. The molecule has 0 aliphatic carbocycles. The molecule has 3 heteroatoms. The van der Waals surface area contributed by atoms with E-state index in [-0.39, 0.29) is 0 Å². The molecule has 1 saturated heterocycles. The van der Waals surface area contributed by atoms with Gasteiger partial charge in [0, 0.05) is 43.6 Å². The third kappa shape index (κ3) is 3.13. The van der Waals surface area contributed by atoms with E-state index in [9.17, 15) is 0 Å². The normalized spacial score (nSPS) is 18.4. The Bertz CT molecular complexity index is 345. The maximum Gasteiger partial charge on any atom is 0.0368 e. The molecular weight excluding hydrogens is 210 g/mol. The number of hydrogen-bond acceptors (Lipinski definition) is 3. The fourth-order valence-corrected chi connectivity index (χ4v) is 2.40. The van der Waals surface area contributed by atoms with Crippen LogP contribution in [0.15, 0.2) is 24.3 Å². The van der Waals surface area contributed by atoms with Crippen molar-refractivity contribution < 1.29 is 0 Å². The largest absolute Gasteiger partial charge is 0.399 e. The SMILES string of the molecule is CC(C)N1CCCN(c2ccc(N)cc2)CC1. The maximum absolute atomic E-state index is 5.72. The molecule has 17 heavy (non-hydrogen) atoms. The lowest BCUT2D eigenvalue weighted by Gasteiger charge is -2.25. The maximum atomic E-state index is 5.72. The number of nitrogen functional groups attached to an aromatic ring is 1. The number of nitrogens with zero attached hydrogens (tertiary/aromatic N) is 2. The average Bonchev–Trinajstić information content (AvgIpc) is 2.55. The van der Waals surface area contributed by atoms with Gasteiger partial charge in [-0.25, -0.2) is 0 Å². The van der Waals surface area contributed by atoms with Crippen LogP contribution in [0.3, 0.4) is 0 Å². The first-order valence-corrected chi connectivity index (χ1v) is 6.51. The van der Waals surface area contributed by atoms with Gasteiger partial charge in [0.1, 0.15) is 0 Å². The molecule has 3 nitrogen and oxygen atoms in total. The van der Waals surface area contributed by atoms with Crippen LogP contribution in [0.1, 0.15) is 20.3 Å². The summed E-state index contributed by atoms with van der Waals surface area (Å²) in [6.45, 7) is 9.18. The van der Waals surface area contributed by atoms with Crippen LogP contribution >= 0.6 is 0 Å². The summed E-state index contributed by atoms with van der Waals surface area (Å²) in [5, 5.41) is 0. The van der Waals surface area contributed by atoms with Gasteiger partial charge >= 0.3 is 0 Å². The van der Waals surface area contributed by atoms with Crippen LogP contribution in [0.25, 0.3) is 0 Å². The Morgan fingerprint density at radius 1 is 1.00 bits per heavy atom. The van der Waals surface area contributed by atoms with Gasteiger partial charge in [-0.05, 0) is 44.5 Å². The van der Waals surface area contributed by atoms with Crippen molar-refractivity contribution in [3.05, 3.63) is 24.3 Å². The van der Waals surface area contributed by atoms with E-state index in [0.29, 0.717) is 6.04 Å². The summed E-state index contributed by atoms with van der Waals surface area (Å²) in [5.41, 5.74) is 7.86. The lowest BCUT2D eigenvalue weighted by Crippen LogP contribution is -2.35. The third-order valence-electron chi connectivity index (χ3n) is 3.52. The summed E-state index contributed by atoms with van der Waals surface area (Å²) in [6, 6.07) is 8.88. The monoisotopic (exact) mass is 233 g/mol. The number of anilines is 2. The fourth-order valence-electron chi connectivity index (χ4n) is 2.40. The number of rotatable bonds is 2. The van der Waals surface area contributed by atoms with Crippen LogP contribution in [-0.2, 0) is 0 Å². The summed E-state index contributed by atoms with van der Waals surface area (Å²) in [5.74, 6) is 0. The van der Waals surface area contributed by atoms with Gasteiger partial charge in [-0.15, -0.1) is 0 Å². The molecule has 0 spiro atoms. The fraction of sp³-hybridized carbons (Fsp3) is 0.571. The number of benzene rings is 1. The lowest BCUT2D eigenvalue weighted by atomic mass is 10.2. The van der Waals surface area contributed by atoms with E-state index in [4.69, 9.17) is 5.73 Å². The van der Waals surface area contributed by atoms with E-state index in [1.165, 1.54) is 18.7 Å². The first kappa shape index (κ1) is 12.2. The minimum absolute atomic E-state index is 0.654. The molecule has 1 aromatic rings. The van der Waals surface area contributed by atoms with Crippen molar-refractivity contribution in [1.82, 2.24) is 4.90 Å². The van der Waals surface area contributed by atoms with E-state index >= 15 is 0 Å². The topological polar surface area (TPSA) is 32.5 Å². The predicted molar refractivity (Wildman–Crippen MR) is 74.4 cm³/mol. The Balaban J connectivity index is 2.01. The van der Waals surface area contributed by atoms with Gasteiger partial charge in [-0.1, -0.05) is 0 Å². The predicted octanol–water partition coefficient (Wildman–Crippen LogP) is 2.19. The highest BCUT2D eigenvalue weighted by atomic mass is 15.2. The molecule has 0 radical (unpaired) electrons. The van der Waals surface area contributed by atoms with Crippen LogP contribution in [0, 0.1) is 0 Å². The highest BCUT2D eigenvalue weighted by Gasteiger charge is 2.16. The zero-order chi connectivity index (χ0) is 12.3. The molecule has 1 fully saturated rings. The van der Waals surface area contributed by atoms with Gasteiger partial charge in [0.05, 0.1) is 0 Å². The van der Waals surface area contributed by atoms with E-state index < -0.39 is 0 Å². The van der Waals surface area contributed by atoms with Crippen LogP contribution in [-0.4, -0.2) is 37.1 Å². The molecule has 1 aliphatic rings. The second-order valence-corrected chi connectivity index (χ2v) is 5.06.